The number of aliphatic hydroxyl groups is 2. The van der Waals surface area contributed by atoms with Gasteiger partial charge < -0.3 is 34.7 Å². The number of aliphatic hydroxyl groups excluding tert-OH is 2. The number of rotatable bonds is 13. The Balaban J connectivity index is 1.17. The number of alkyl halides is 3. The Kier molecular flexibility index (Phi) is 11.9. The minimum absolute atomic E-state index is 0.00263. The third-order valence-corrected chi connectivity index (χ3v) is 9.90. The fraction of sp³-hybridized carbons (Fsp3) is 0.436. The lowest BCUT2D eigenvalue weighted by Crippen LogP contribution is -2.60. The lowest BCUT2D eigenvalue weighted by atomic mass is 9.90. The minimum atomic E-state index is -4.60. The van der Waals surface area contributed by atoms with Gasteiger partial charge in [-0.2, -0.15) is 13.2 Å². The molecular weight excluding hydrogens is 693 g/mol. The van der Waals surface area contributed by atoms with Crippen LogP contribution in [-0.4, -0.2) is 103 Å². The average molecular weight is 739 g/mol. The van der Waals surface area contributed by atoms with Gasteiger partial charge in [-0.25, -0.2) is 0 Å². The predicted octanol–water partition coefficient (Wildman–Crippen LogP) is 4.14. The molecule has 0 saturated carbocycles. The Morgan fingerprint density at radius 1 is 1.06 bits per heavy atom. The van der Waals surface area contributed by atoms with Crippen LogP contribution in [0.15, 0.2) is 77.4 Å². The predicted molar refractivity (Wildman–Crippen MR) is 190 cm³/mol. The van der Waals surface area contributed by atoms with Gasteiger partial charge in [0.1, 0.15) is 31.0 Å². The molecule has 0 spiro atoms. The summed E-state index contributed by atoms with van der Waals surface area (Å²) in [7, 11) is 1.54. The Bertz CT molecular complexity index is 1870. The normalized spacial score (nSPS) is 20.6. The summed E-state index contributed by atoms with van der Waals surface area (Å²) in [5, 5.41) is 28.2. The molecule has 53 heavy (non-hydrogen) atoms. The van der Waals surface area contributed by atoms with Gasteiger partial charge in [0.05, 0.1) is 25.5 Å². The number of furan rings is 1. The molecule has 5 atom stereocenters. The molecule has 4 aromatic rings. The summed E-state index contributed by atoms with van der Waals surface area (Å²) >= 11 is 0. The molecule has 0 bridgehead atoms. The first-order valence-corrected chi connectivity index (χ1v) is 17.7. The van der Waals surface area contributed by atoms with Crippen LogP contribution in [0.1, 0.15) is 34.7 Å². The van der Waals surface area contributed by atoms with Crippen molar-refractivity contribution in [2.45, 2.75) is 56.8 Å². The van der Waals surface area contributed by atoms with Gasteiger partial charge in [-0.3, -0.25) is 19.4 Å². The first-order valence-electron chi connectivity index (χ1n) is 17.7. The van der Waals surface area contributed by atoms with Crippen LogP contribution in [-0.2, 0) is 22.6 Å². The number of fused-ring (bicyclic) bond motifs is 2. The first kappa shape index (κ1) is 38.1. The number of β-amino-alcohol motifs (C(OH)–C–C–N with tert-alkyl or cyclic N) is 1. The van der Waals surface area contributed by atoms with Crippen LogP contribution < -0.4 is 20.1 Å². The van der Waals surface area contributed by atoms with Crippen molar-refractivity contribution < 1.29 is 46.9 Å². The molecule has 0 aliphatic carbocycles. The number of hydrogen-bond donors (Lipinski definition) is 4. The van der Waals surface area contributed by atoms with E-state index in [1.165, 1.54) is 0 Å². The molecule has 284 valence electrons. The van der Waals surface area contributed by atoms with Crippen LogP contribution in [0.2, 0.25) is 0 Å². The number of nitrogens with zero attached hydrogens (tertiary/aromatic N) is 2. The molecule has 1 fully saturated rings. The number of halogens is 3. The zero-order valence-corrected chi connectivity index (χ0v) is 29.6. The molecule has 4 N–H and O–H groups in total. The fourth-order valence-electron chi connectivity index (χ4n) is 7.23. The Morgan fingerprint density at radius 2 is 1.81 bits per heavy atom. The lowest BCUT2D eigenvalue weighted by molar-refractivity contribution is -0.143. The molecule has 14 heteroatoms. The summed E-state index contributed by atoms with van der Waals surface area (Å²) in [6.45, 7) is 1.65. The van der Waals surface area contributed by atoms with Crippen molar-refractivity contribution >= 4 is 22.8 Å². The molecule has 3 aromatic carbocycles. The molecular formula is C39H45F3N4O7. The largest absolute Gasteiger partial charge is 0.493 e. The highest BCUT2D eigenvalue weighted by molar-refractivity contribution is 5.87. The number of hydrogen-bond acceptors (Lipinski definition) is 9. The number of piperazine rings is 1. The van der Waals surface area contributed by atoms with E-state index >= 15 is 0 Å². The van der Waals surface area contributed by atoms with Crippen molar-refractivity contribution in [3.05, 3.63) is 95.2 Å². The summed E-state index contributed by atoms with van der Waals surface area (Å²) in [6.07, 6.45) is -4.76. The van der Waals surface area contributed by atoms with Gasteiger partial charge in [-0.1, -0.05) is 48.5 Å². The molecule has 2 aliphatic heterocycles. The smallest absolute Gasteiger partial charge is 0.405 e. The summed E-state index contributed by atoms with van der Waals surface area (Å²) in [5.41, 5.74) is 3.93. The van der Waals surface area contributed by atoms with Crippen molar-refractivity contribution in [1.82, 2.24) is 20.4 Å². The van der Waals surface area contributed by atoms with Crippen LogP contribution in [0, 0.1) is 12.8 Å². The fourth-order valence-corrected chi connectivity index (χ4v) is 7.23. The number of amides is 2. The van der Waals surface area contributed by atoms with Gasteiger partial charge in [0, 0.05) is 49.6 Å². The number of ether oxygens (including phenoxy) is 2. The number of methoxy groups -OCH3 is 1. The van der Waals surface area contributed by atoms with Crippen LogP contribution in [0.25, 0.3) is 11.0 Å². The molecule has 2 aliphatic rings. The summed E-state index contributed by atoms with van der Waals surface area (Å²) in [4.78, 5) is 30.9. The van der Waals surface area contributed by atoms with E-state index in [0.29, 0.717) is 35.7 Å². The van der Waals surface area contributed by atoms with Gasteiger partial charge in [0.25, 0.3) is 0 Å². The molecule has 1 aromatic heterocycles. The van der Waals surface area contributed by atoms with Crippen molar-refractivity contribution in [2.24, 2.45) is 5.92 Å². The monoisotopic (exact) mass is 738 g/mol. The number of para-hydroxylation sites is 1. The van der Waals surface area contributed by atoms with E-state index in [9.17, 15) is 33.0 Å². The quantitative estimate of drug-likeness (QED) is 0.160. The van der Waals surface area contributed by atoms with Crippen molar-refractivity contribution in [1.29, 1.82) is 0 Å². The van der Waals surface area contributed by atoms with Gasteiger partial charge in [0.2, 0.25) is 11.8 Å². The van der Waals surface area contributed by atoms with E-state index in [1.54, 1.807) is 42.5 Å². The maximum atomic E-state index is 13.9. The Morgan fingerprint density at radius 3 is 2.57 bits per heavy atom. The molecule has 1 saturated heterocycles. The molecule has 11 nitrogen and oxygen atoms in total. The first-order chi connectivity index (χ1) is 25.4. The zero-order valence-electron chi connectivity index (χ0n) is 29.6. The molecule has 0 radical (unpaired) electrons. The molecule has 0 unspecified atom stereocenters. The van der Waals surface area contributed by atoms with E-state index in [2.05, 4.69) is 5.32 Å². The summed E-state index contributed by atoms with van der Waals surface area (Å²) < 4.78 is 56.3. The SMILES string of the molecule is COc1cc(CN2CCN(C[C@@H](O)C[C@H](Cc3ccccc3)C(=O)N[C@H]3c4ccccc4OC[C@H]3O)[C@H](C(=O)NCC(F)(F)F)C2)cc2c(C)coc12. The van der Waals surface area contributed by atoms with Crippen molar-refractivity contribution in [2.75, 3.05) is 46.4 Å². The van der Waals surface area contributed by atoms with Gasteiger partial charge >= 0.3 is 6.18 Å². The Labute approximate surface area is 305 Å². The van der Waals surface area contributed by atoms with E-state index < -0.39 is 48.8 Å². The standard InChI is InChI=1S/C39H45F3N4O7/c1-24-21-53-36-30(24)15-26(16-34(36)51-2)18-45-12-13-46(31(20-45)38(50)43-23-39(40,41)42)19-28(47)17-27(14-25-8-4-3-5-9-25)37(49)44-35-29-10-6-7-11-33(29)52-22-32(35)48/h3-11,15-16,21,27-28,31-32,35,47-48H,12-14,17-20,22-23H2,1-2H3,(H,43,50)(H,44,49)/t27-,28-,31-,32+,35-/m0/s1. The van der Waals surface area contributed by atoms with Crippen LogP contribution in [0.5, 0.6) is 11.5 Å². The summed E-state index contributed by atoms with van der Waals surface area (Å²) in [5.74, 6) is -0.795. The number of carbonyl (C=O) groups excluding carboxylic acids is 2. The topological polar surface area (TPSA) is 137 Å². The van der Waals surface area contributed by atoms with E-state index in [4.69, 9.17) is 13.9 Å². The second-order valence-corrected chi connectivity index (χ2v) is 13.9. The second-order valence-electron chi connectivity index (χ2n) is 13.9. The molecule has 2 amide bonds. The number of carbonyl (C=O) groups is 2. The van der Waals surface area contributed by atoms with E-state index in [0.717, 1.165) is 22.1 Å². The molecule has 3 heterocycles. The second kappa shape index (κ2) is 16.6. The number of nitrogens with one attached hydrogen (secondary N) is 2. The number of aryl methyl sites for hydroxylation is 1. The number of benzene rings is 3. The van der Waals surface area contributed by atoms with E-state index in [-0.39, 0.29) is 45.0 Å². The highest BCUT2D eigenvalue weighted by atomic mass is 19.4. The average Bonchev–Trinajstić information content (AvgIpc) is 3.51. The van der Waals surface area contributed by atoms with Crippen LogP contribution >= 0.6 is 0 Å². The third kappa shape index (κ3) is 9.49. The minimum Gasteiger partial charge on any atom is -0.493 e. The third-order valence-electron chi connectivity index (χ3n) is 9.90. The van der Waals surface area contributed by atoms with Crippen molar-refractivity contribution in [3.8, 4) is 11.5 Å². The van der Waals surface area contributed by atoms with Crippen LogP contribution in [0.4, 0.5) is 13.2 Å². The molecule has 6 rings (SSSR count). The summed E-state index contributed by atoms with van der Waals surface area (Å²) in [6, 6.07) is 18.6. The van der Waals surface area contributed by atoms with E-state index in [1.807, 2.05) is 59.6 Å². The highest BCUT2D eigenvalue weighted by Gasteiger charge is 2.38. The highest BCUT2D eigenvalue weighted by Crippen LogP contribution is 2.34. The maximum absolute atomic E-state index is 13.9. The maximum Gasteiger partial charge on any atom is 0.405 e. The van der Waals surface area contributed by atoms with Gasteiger partial charge in [-0.15, -0.1) is 0 Å². The zero-order chi connectivity index (χ0) is 37.7. The Hall–Kier alpha value is -4.63. The van der Waals surface area contributed by atoms with Gasteiger partial charge in [-0.05, 0) is 54.7 Å². The lowest BCUT2D eigenvalue weighted by Gasteiger charge is -2.41. The van der Waals surface area contributed by atoms with Crippen LogP contribution in [0.3, 0.4) is 0 Å². The van der Waals surface area contributed by atoms with Crippen molar-refractivity contribution in [3.63, 3.8) is 0 Å². The van der Waals surface area contributed by atoms with Gasteiger partial charge in [0.15, 0.2) is 11.3 Å².